The minimum Gasteiger partial charge on any atom is -0.387 e. The van der Waals surface area contributed by atoms with E-state index in [9.17, 15) is 5.11 Å². The van der Waals surface area contributed by atoms with Crippen LogP contribution in [0.25, 0.3) is 0 Å². The number of anilines is 3. The van der Waals surface area contributed by atoms with E-state index in [4.69, 9.17) is 4.74 Å². The van der Waals surface area contributed by atoms with Crippen LogP contribution in [-0.4, -0.2) is 90.6 Å². The number of ether oxygens (including phenoxy) is 1. The molecule has 0 aliphatic carbocycles. The monoisotopic (exact) mass is 401 g/mol. The predicted octanol–water partition coefficient (Wildman–Crippen LogP) is 0.915. The van der Waals surface area contributed by atoms with Crippen molar-refractivity contribution in [1.82, 2.24) is 19.9 Å². The van der Waals surface area contributed by atoms with Crippen molar-refractivity contribution in [3.8, 4) is 0 Å². The zero-order chi connectivity index (χ0) is 20.5. The average Bonchev–Trinajstić information content (AvgIpc) is 3.11. The Kier molecular flexibility index (Phi) is 7.56. The highest BCUT2D eigenvalue weighted by Gasteiger charge is 2.37. The molecule has 0 radical (unpaired) electrons. The number of hydrogen-bond donors (Lipinski definition) is 3. The van der Waals surface area contributed by atoms with Crippen LogP contribution in [0, 0.1) is 0 Å². The molecule has 0 amide bonds. The van der Waals surface area contributed by atoms with Crippen molar-refractivity contribution in [2.24, 2.45) is 0 Å². The van der Waals surface area contributed by atoms with Gasteiger partial charge in [-0.3, -0.25) is 0 Å². The third-order valence-electron chi connectivity index (χ3n) is 4.95. The smallest absolute Gasteiger partial charge is 0.131 e. The van der Waals surface area contributed by atoms with Gasteiger partial charge < -0.3 is 30.3 Å². The molecule has 1 fully saturated rings. The standard InChI is InChI=1S/C20H31N7O2/c1-26(11-8-21-17-13-18(25-16-24-17)22-9-12-29-2)14-20(28)6-10-27(15-20)19-5-3-4-7-23-19/h3-5,7,13,16,28H,6,8-12,14-15H2,1-2H3,(H2,21,22,24,25). The topological polar surface area (TPSA) is 98.7 Å². The molecule has 1 aliphatic rings. The van der Waals surface area contributed by atoms with Crippen molar-refractivity contribution in [2.45, 2.75) is 12.0 Å². The second-order valence-corrected chi connectivity index (χ2v) is 7.46. The Hall–Kier alpha value is -2.49. The molecule has 0 spiro atoms. The summed E-state index contributed by atoms with van der Waals surface area (Å²) in [6.07, 6.45) is 4.06. The van der Waals surface area contributed by atoms with Crippen LogP contribution >= 0.6 is 0 Å². The molecule has 1 aliphatic heterocycles. The Labute approximate surface area is 172 Å². The van der Waals surface area contributed by atoms with Crippen molar-refractivity contribution in [1.29, 1.82) is 0 Å². The van der Waals surface area contributed by atoms with E-state index in [0.717, 1.165) is 43.5 Å². The fraction of sp³-hybridized carbons (Fsp3) is 0.550. The van der Waals surface area contributed by atoms with Crippen LogP contribution in [0.5, 0.6) is 0 Å². The number of rotatable bonds is 11. The summed E-state index contributed by atoms with van der Waals surface area (Å²) in [7, 11) is 3.70. The normalized spacial score (nSPS) is 19.0. The quantitative estimate of drug-likeness (QED) is 0.475. The third-order valence-corrected chi connectivity index (χ3v) is 4.95. The van der Waals surface area contributed by atoms with Crippen LogP contribution in [0.2, 0.25) is 0 Å². The maximum Gasteiger partial charge on any atom is 0.131 e. The molecule has 3 heterocycles. The molecule has 1 saturated heterocycles. The van der Waals surface area contributed by atoms with Gasteiger partial charge >= 0.3 is 0 Å². The van der Waals surface area contributed by atoms with Crippen LogP contribution in [0.1, 0.15) is 6.42 Å². The van der Waals surface area contributed by atoms with Crippen molar-refractivity contribution >= 4 is 17.5 Å². The highest BCUT2D eigenvalue weighted by molar-refractivity contribution is 5.46. The molecule has 0 aromatic carbocycles. The van der Waals surface area contributed by atoms with Crippen LogP contribution in [0.3, 0.4) is 0 Å². The largest absolute Gasteiger partial charge is 0.387 e. The van der Waals surface area contributed by atoms with E-state index < -0.39 is 5.60 Å². The molecule has 29 heavy (non-hydrogen) atoms. The number of methoxy groups -OCH3 is 1. The van der Waals surface area contributed by atoms with E-state index in [1.807, 2.05) is 31.3 Å². The number of nitrogens with one attached hydrogen (secondary N) is 2. The van der Waals surface area contributed by atoms with E-state index >= 15 is 0 Å². The van der Waals surface area contributed by atoms with Crippen molar-refractivity contribution in [3.63, 3.8) is 0 Å². The number of nitrogens with zero attached hydrogens (tertiary/aromatic N) is 5. The minimum absolute atomic E-state index is 0.601. The summed E-state index contributed by atoms with van der Waals surface area (Å²) in [5.74, 6) is 2.46. The Morgan fingerprint density at radius 1 is 1.21 bits per heavy atom. The molecule has 3 rings (SSSR count). The molecule has 1 atom stereocenters. The van der Waals surface area contributed by atoms with Crippen molar-refractivity contribution < 1.29 is 9.84 Å². The first-order chi connectivity index (χ1) is 14.1. The van der Waals surface area contributed by atoms with Gasteiger partial charge in [0.25, 0.3) is 0 Å². The molecule has 0 saturated carbocycles. The lowest BCUT2D eigenvalue weighted by Crippen LogP contribution is -2.45. The number of likely N-dealkylation sites (N-methyl/N-ethyl adjacent to an activating group) is 1. The molecule has 9 heteroatoms. The average molecular weight is 402 g/mol. The van der Waals surface area contributed by atoms with Crippen molar-refractivity contribution in [3.05, 3.63) is 36.8 Å². The maximum atomic E-state index is 11.0. The predicted molar refractivity (Wildman–Crippen MR) is 114 cm³/mol. The summed E-state index contributed by atoms with van der Waals surface area (Å²) in [5.41, 5.74) is -0.723. The van der Waals surface area contributed by atoms with Crippen LogP contribution < -0.4 is 15.5 Å². The number of β-amino-alcohol motifs (C(OH)–C–C–N with tert-alkyl or cyclic N) is 1. The first-order valence-electron chi connectivity index (χ1n) is 9.94. The van der Waals surface area contributed by atoms with Gasteiger partial charge in [-0.2, -0.15) is 0 Å². The Bertz CT molecular complexity index is 749. The molecule has 2 aromatic heterocycles. The molecular weight excluding hydrogens is 370 g/mol. The van der Waals surface area contributed by atoms with Gasteiger partial charge in [-0.1, -0.05) is 6.07 Å². The Morgan fingerprint density at radius 3 is 2.72 bits per heavy atom. The fourth-order valence-electron chi connectivity index (χ4n) is 3.51. The van der Waals surface area contributed by atoms with Gasteiger partial charge in [-0.15, -0.1) is 0 Å². The Morgan fingerprint density at radius 2 is 2.00 bits per heavy atom. The highest BCUT2D eigenvalue weighted by atomic mass is 16.5. The van der Waals surface area contributed by atoms with E-state index in [1.165, 1.54) is 6.33 Å². The summed E-state index contributed by atoms with van der Waals surface area (Å²) in [6, 6.07) is 7.75. The van der Waals surface area contributed by atoms with Crippen LogP contribution in [0.4, 0.5) is 17.5 Å². The SMILES string of the molecule is COCCNc1cc(NCCN(C)CC2(O)CCN(c3ccccn3)C2)ncn1. The Balaban J connectivity index is 1.41. The molecule has 2 aromatic rings. The van der Waals surface area contributed by atoms with Gasteiger partial charge in [0.1, 0.15) is 23.8 Å². The van der Waals surface area contributed by atoms with Gasteiger partial charge in [0.2, 0.25) is 0 Å². The molecule has 0 bridgehead atoms. The summed E-state index contributed by atoms with van der Waals surface area (Å²) in [4.78, 5) is 17.1. The van der Waals surface area contributed by atoms with Gasteiger partial charge in [-0.05, 0) is 25.6 Å². The lowest BCUT2D eigenvalue weighted by molar-refractivity contribution is 0.0310. The van der Waals surface area contributed by atoms with E-state index in [-0.39, 0.29) is 0 Å². The van der Waals surface area contributed by atoms with Gasteiger partial charge in [-0.25, -0.2) is 15.0 Å². The second kappa shape index (κ2) is 10.3. The zero-order valence-corrected chi connectivity index (χ0v) is 17.2. The van der Waals surface area contributed by atoms with Crippen LogP contribution in [-0.2, 0) is 4.74 Å². The lowest BCUT2D eigenvalue weighted by atomic mass is 10.0. The molecule has 1 unspecified atom stereocenters. The van der Waals surface area contributed by atoms with Crippen molar-refractivity contribution in [2.75, 3.05) is 75.6 Å². The summed E-state index contributed by atoms with van der Waals surface area (Å²) in [5, 5.41) is 17.5. The minimum atomic E-state index is -0.723. The van der Waals surface area contributed by atoms with Gasteiger partial charge in [0.05, 0.1) is 12.2 Å². The number of pyridine rings is 1. The van der Waals surface area contributed by atoms with E-state index in [0.29, 0.717) is 26.2 Å². The number of aromatic nitrogens is 3. The van der Waals surface area contributed by atoms with Gasteiger partial charge in [0.15, 0.2) is 0 Å². The first kappa shape index (κ1) is 21.2. The van der Waals surface area contributed by atoms with Crippen LogP contribution in [0.15, 0.2) is 36.8 Å². The first-order valence-corrected chi connectivity index (χ1v) is 9.94. The number of aliphatic hydroxyl groups is 1. The molecular formula is C20H31N7O2. The lowest BCUT2D eigenvalue weighted by Gasteiger charge is -2.29. The summed E-state index contributed by atoms with van der Waals surface area (Å²) >= 11 is 0. The summed E-state index contributed by atoms with van der Waals surface area (Å²) in [6.45, 7) is 4.88. The van der Waals surface area contributed by atoms with Gasteiger partial charge in [0, 0.05) is 58.6 Å². The zero-order valence-electron chi connectivity index (χ0n) is 17.2. The number of hydrogen-bond acceptors (Lipinski definition) is 9. The molecule has 158 valence electrons. The van der Waals surface area contributed by atoms with E-state index in [1.54, 1.807) is 13.3 Å². The fourth-order valence-corrected chi connectivity index (χ4v) is 3.51. The third kappa shape index (κ3) is 6.52. The second-order valence-electron chi connectivity index (χ2n) is 7.46. The molecule has 9 nitrogen and oxygen atoms in total. The highest BCUT2D eigenvalue weighted by Crippen LogP contribution is 2.25. The van der Waals surface area contributed by atoms with E-state index in [2.05, 4.69) is 35.4 Å². The summed E-state index contributed by atoms with van der Waals surface area (Å²) < 4.78 is 5.03. The molecule has 3 N–H and O–H groups in total. The maximum absolute atomic E-state index is 11.0.